The van der Waals surface area contributed by atoms with Crippen LogP contribution in [0.2, 0.25) is 0 Å². The molecule has 122 valence electrons. The van der Waals surface area contributed by atoms with Crippen LogP contribution in [-0.4, -0.2) is 41.8 Å². The van der Waals surface area contributed by atoms with Gasteiger partial charge in [0, 0.05) is 31.0 Å². The van der Waals surface area contributed by atoms with E-state index < -0.39 is 14.6 Å². The van der Waals surface area contributed by atoms with E-state index in [4.69, 9.17) is 0 Å². The zero-order valence-electron chi connectivity index (χ0n) is 14.0. The van der Waals surface area contributed by atoms with Crippen molar-refractivity contribution < 1.29 is 8.42 Å². The fraction of sp³-hybridized carbons (Fsp3) is 0.800. The minimum atomic E-state index is -3.16. The van der Waals surface area contributed by atoms with Gasteiger partial charge in [-0.15, -0.1) is 0 Å². The molecule has 1 N–H and O–H groups in total. The van der Waals surface area contributed by atoms with Crippen molar-refractivity contribution in [2.24, 2.45) is 0 Å². The Labute approximate surface area is 129 Å². The van der Waals surface area contributed by atoms with Crippen LogP contribution in [0.4, 0.5) is 0 Å². The number of aromatic nitrogens is 2. The summed E-state index contributed by atoms with van der Waals surface area (Å²) in [7, 11) is -3.16. The second-order valence-corrected chi connectivity index (χ2v) is 9.06. The van der Waals surface area contributed by atoms with Crippen molar-refractivity contribution in [1.82, 2.24) is 15.1 Å². The van der Waals surface area contributed by atoms with Crippen molar-refractivity contribution in [3.05, 3.63) is 18.0 Å². The van der Waals surface area contributed by atoms with Crippen LogP contribution in [0.5, 0.6) is 0 Å². The first-order valence-corrected chi connectivity index (χ1v) is 9.45. The van der Waals surface area contributed by atoms with Gasteiger partial charge in [-0.25, -0.2) is 8.42 Å². The standard InChI is InChI=1S/C15H29N3O2S/c1-7-9-16-14(15(4,5)21(6,19)20)11-13-8-10-18(17-13)12(2)3/h8,10,12,14,16H,7,9,11H2,1-6H3. The van der Waals surface area contributed by atoms with Gasteiger partial charge in [0.05, 0.1) is 10.4 Å². The Morgan fingerprint density at radius 2 is 2.00 bits per heavy atom. The second-order valence-electron chi connectivity index (χ2n) is 6.47. The molecule has 1 heterocycles. The van der Waals surface area contributed by atoms with Crippen LogP contribution >= 0.6 is 0 Å². The van der Waals surface area contributed by atoms with Crippen LogP contribution in [-0.2, 0) is 16.3 Å². The third kappa shape index (κ3) is 4.54. The van der Waals surface area contributed by atoms with Gasteiger partial charge >= 0.3 is 0 Å². The van der Waals surface area contributed by atoms with E-state index in [0.717, 1.165) is 18.7 Å². The molecule has 5 nitrogen and oxygen atoms in total. The number of rotatable bonds is 8. The van der Waals surface area contributed by atoms with Gasteiger partial charge in [-0.1, -0.05) is 6.92 Å². The molecule has 0 spiro atoms. The normalized spacial score (nSPS) is 14.6. The third-order valence-electron chi connectivity index (χ3n) is 4.04. The average molecular weight is 315 g/mol. The van der Waals surface area contributed by atoms with Crippen molar-refractivity contribution in [3.63, 3.8) is 0 Å². The molecule has 6 heteroatoms. The van der Waals surface area contributed by atoms with Crippen molar-refractivity contribution in [2.75, 3.05) is 12.8 Å². The van der Waals surface area contributed by atoms with Gasteiger partial charge in [0.25, 0.3) is 0 Å². The molecule has 0 radical (unpaired) electrons. The Morgan fingerprint density at radius 1 is 1.38 bits per heavy atom. The molecule has 0 aliphatic carbocycles. The minimum absolute atomic E-state index is 0.150. The molecule has 1 rings (SSSR count). The van der Waals surface area contributed by atoms with Crippen molar-refractivity contribution in [3.8, 4) is 0 Å². The summed E-state index contributed by atoms with van der Waals surface area (Å²) < 4.78 is 25.3. The molecule has 0 amide bonds. The number of hydrogen-bond acceptors (Lipinski definition) is 4. The van der Waals surface area contributed by atoms with Crippen molar-refractivity contribution >= 4 is 9.84 Å². The molecule has 0 saturated heterocycles. The maximum absolute atomic E-state index is 12.1. The molecule has 0 fully saturated rings. The molecule has 0 aliphatic rings. The van der Waals surface area contributed by atoms with Gasteiger partial charge in [-0.2, -0.15) is 5.10 Å². The first-order chi connectivity index (χ1) is 9.59. The summed E-state index contributed by atoms with van der Waals surface area (Å²) in [6.45, 7) is 10.6. The average Bonchev–Trinajstić information content (AvgIpc) is 2.81. The number of nitrogens with zero attached hydrogens (tertiary/aromatic N) is 2. The van der Waals surface area contributed by atoms with Crippen molar-refractivity contribution in [1.29, 1.82) is 0 Å². The zero-order chi connectivity index (χ0) is 16.3. The van der Waals surface area contributed by atoms with Crippen LogP contribution in [0.3, 0.4) is 0 Å². The van der Waals surface area contributed by atoms with Gasteiger partial charge < -0.3 is 5.32 Å². The number of sulfone groups is 1. The fourth-order valence-electron chi connectivity index (χ4n) is 2.12. The summed E-state index contributed by atoms with van der Waals surface area (Å²) >= 11 is 0. The Hall–Kier alpha value is -0.880. The molecule has 0 aromatic carbocycles. The lowest BCUT2D eigenvalue weighted by atomic mass is 9.98. The first-order valence-electron chi connectivity index (χ1n) is 7.56. The third-order valence-corrected chi connectivity index (χ3v) is 6.24. The number of nitrogens with one attached hydrogen (secondary N) is 1. The second kappa shape index (κ2) is 6.92. The molecule has 0 saturated carbocycles. The van der Waals surface area contributed by atoms with Crippen molar-refractivity contribution in [2.45, 2.75) is 64.3 Å². The first kappa shape index (κ1) is 18.2. The van der Waals surface area contributed by atoms with Gasteiger partial charge in [-0.3, -0.25) is 4.68 Å². The minimum Gasteiger partial charge on any atom is -0.312 e. The molecular weight excluding hydrogens is 286 g/mol. The van der Waals surface area contributed by atoms with Crippen LogP contribution in [0, 0.1) is 0 Å². The van der Waals surface area contributed by atoms with Gasteiger partial charge in [0.15, 0.2) is 9.84 Å². The monoisotopic (exact) mass is 315 g/mol. The van der Waals surface area contributed by atoms with Gasteiger partial charge in [-0.05, 0) is 46.7 Å². The van der Waals surface area contributed by atoms with E-state index >= 15 is 0 Å². The lowest BCUT2D eigenvalue weighted by Crippen LogP contribution is -2.52. The maximum Gasteiger partial charge on any atom is 0.154 e. The number of hydrogen-bond donors (Lipinski definition) is 1. The molecule has 0 bridgehead atoms. The molecule has 1 aromatic heterocycles. The van der Waals surface area contributed by atoms with E-state index in [1.807, 2.05) is 16.9 Å². The topological polar surface area (TPSA) is 64.0 Å². The van der Waals surface area contributed by atoms with Gasteiger partial charge in [0.2, 0.25) is 0 Å². The van der Waals surface area contributed by atoms with E-state index in [2.05, 4.69) is 31.2 Å². The van der Waals surface area contributed by atoms with Gasteiger partial charge in [0.1, 0.15) is 0 Å². The predicted molar refractivity (Wildman–Crippen MR) is 87.3 cm³/mol. The highest BCUT2D eigenvalue weighted by molar-refractivity contribution is 7.92. The Kier molecular flexibility index (Phi) is 5.99. The fourth-order valence-corrected chi connectivity index (χ4v) is 2.81. The lowest BCUT2D eigenvalue weighted by Gasteiger charge is -2.33. The van der Waals surface area contributed by atoms with E-state index in [0.29, 0.717) is 12.5 Å². The highest BCUT2D eigenvalue weighted by Crippen LogP contribution is 2.23. The highest BCUT2D eigenvalue weighted by Gasteiger charge is 2.38. The quantitative estimate of drug-likeness (QED) is 0.799. The Balaban J connectivity index is 2.97. The summed E-state index contributed by atoms with van der Waals surface area (Å²) in [5.41, 5.74) is 0.925. The largest absolute Gasteiger partial charge is 0.312 e. The molecule has 0 aliphatic heterocycles. The summed E-state index contributed by atoms with van der Waals surface area (Å²) in [6, 6.07) is 2.13. The highest BCUT2D eigenvalue weighted by atomic mass is 32.2. The molecule has 1 unspecified atom stereocenters. The predicted octanol–water partition coefficient (Wildman–Crippen LogP) is 2.20. The summed E-state index contributed by atoms with van der Waals surface area (Å²) in [4.78, 5) is 0. The van der Waals surface area contributed by atoms with E-state index in [1.54, 1.807) is 13.8 Å². The lowest BCUT2D eigenvalue weighted by molar-refractivity contribution is 0.401. The zero-order valence-corrected chi connectivity index (χ0v) is 14.9. The Morgan fingerprint density at radius 3 is 2.43 bits per heavy atom. The van der Waals surface area contributed by atoms with Crippen LogP contribution in [0.25, 0.3) is 0 Å². The molecule has 1 atom stereocenters. The van der Waals surface area contributed by atoms with E-state index in [1.165, 1.54) is 6.26 Å². The summed E-state index contributed by atoms with van der Waals surface area (Å²) in [5, 5.41) is 7.91. The van der Waals surface area contributed by atoms with Crippen LogP contribution < -0.4 is 5.32 Å². The van der Waals surface area contributed by atoms with Crippen LogP contribution in [0.1, 0.15) is 52.8 Å². The molecule has 21 heavy (non-hydrogen) atoms. The molecular formula is C15H29N3O2S. The SMILES string of the molecule is CCCNC(Cc1ccn(C(C)C)n1)C(C)(C)S(C)(=O)=O. The summed E-state index contributed by atoms with van der Waals surface area (Å²) in [5.74, 6) is 0. The van der Waals surface area contributed by atoms with E-state index in [9.17, 15) is 8.42 Å². The Bertz CT molecular complexity index is 547. The van der Waals surface area contributed by atoms with Crippen LogP contribution in [0.15, 0.2) is 12.3 Å². The smallest absolute Gasteiger partial charge is 0.154 e. The maximum atomic E-state index is 12.1. The molecule has 1 aromatic rings. The summed E-state index contributed by atoms with van der Waals surface area (Å²) in [6.07, 6.45) is 4.83. The van der Waals surface area contributed by atoms with E-state index in [-0.39, 0.29) is 6.04 Å².